The van der Waals surface area contributed by atoms with E-state index < -0.39 is 0 Å². The lowest BCUT2D eigenvalue weighted by atomic mass is 10.3. The van der Waals surface area contributed by atoms with Crippen molar-refractivity contribution in [1.29, 1.82) is 5.26 Å². The highest BCUT2D eigenvalue weighted by Gasteiger charge is 2.00. The van der Waals surface area contributed by atoms with Crippen LogP contribution in [0, 0.1) is 11.3 Å². The Balaban J connectivity index is 3.12. The highest BCUT2D eigenvalue weighted by molar-refractivity contribution is 5.35. The number of nitrogens with zero attached hydrogens (tertiary/aromatic N) is 3. The molecule has 0 spiro atoms. The van der Waals surface area contributed by atoms with E-state index in [1.807, 2.05) is 6.07 Å². The molecule has 10 heavy (non-hydrogen) atoms. The van der Waals surface area contributed by atoms with Crippen LogP contribution >= 0.6 is 0 Å². The standard InChI is InChI=1S/C5H4N4O/c6-3-4-1-2-8-9-5(4)10-7/h1-2H,7H2. The zero-order chi connectivity index (χ0) is 7.40. The Bertz CT molecular complexity index is 267. The number of aromatic nitrogens is 2. The second-order valence-corrected chi connectivity index (χ2v) is 1.48. The molecule has 0 amide bonds. The largest absolute Gasteiger partial charge is 0.388 e. The van der Waals surface area contributed by atoms with Crippen molar-refractivity contribution in [3.05, 3.63) is 17.8 Å². The zero-order valence-electron chi connectivity index (χ0n) is 4.98. The molecule has 50 valence electrons. The molecule has 5 nitrogen and oxygen atoms in total. The number of nitrogens with two attached hydrogens (primary N) is 1. The predicted octanol–water partition coefficient (Wildman–Crippen LogP) is -0.399. The zero-order valence-corrected chi connectivity index (χ0v) is 4.98. The predicted molar refractivity (Wildman–Crippen MR) is 31.6 cm³/mol. The second-order valence-electron chi connectivity index (χ2n) is 1.48. The third-order valence-corrected chi connectivity index (χ3v) is 0.919. The molecule has 0 radical (unpaired) electrons. The van der Waals surface area contributed by atoms with E-state index in [0.29, 0.717) is 0 Å². The summed E-state index contributed by atoms with van der Waals surface area (Å²) in [7, 11) is 0. The van der Waals surface area contributed by atoms with Crippen molar-refractivity contribution >= 4 is 0 Å². The Morgan fingerprint density at radius 3 is 3.00 bits per heavy atom. The van der Waals surface area contributed by atoms with Crippen LogP contribution in [-0.4, -0.2) is 10.2 Å². The highest BCUT2D eigenvalue weighted by Crippen LogP contribution is 2.08. The number of nitriles is 1. The molecule has 5 heteroatoms. The third-order valence-electron chi connectivity index (χ3n) is 0.919. The lowest BCUT2D eigenvalue weighted by Crippen LogP contribution is -2.05. The van der Waals surface area contributed by atoms with E-state index in [9.17, 15) is 0 Å². The van der Waals surface area contributed by atoms with E-state index in [1.165, 1.54) is 12.3 Å². The van der Waals surface area contributed by atoms with Crippen molar-refractivity contribution in [2.24, 2.45) is 5.90 Å². The SMILES string of the molecule is N#Cc1ccnnc1ON. The first-order valence-electron chi connectivity index (χ1n) is 2.47. The summed E-state index contributed by atoms with van der Waals surface area (Å²) in [6.07, 6.45) is 1.39. The fourth-order valence-corrected chi connectivity index (χ4v) is 0.491. The van der Waals surface area contributed by atoms with Crippen molar-refractivity contribution in [1.82, 2.24) is 10.2 Å². The summed E-state index contributed by atoms with van der Waals surface area (Å²) in [5.41, 5.74) is 0.275. The number of hydrogen-bond donors (Lipinski definition) is 1. The van der Waals surface area contributed by atoms with Crippen molar-refractivity contribution in [3.63, 3.8) is 0 Å². The molecule has 0 aromatic carbocycles. The molecule has 0 unspecified atom stereocenters. The van der Waals surface area contributed by atoms with Crippen molar-refractivity contribution in [2.75, 3.05) is 0 Å². The van der Waals surface area contributed by atoms with Crippen LogP contribution in [0.2, 0.25) is 0 Å². The van der Waals surface area contributed by atoms with Gasteiger partial charge in [0.25, 0.3) is 5.88 Å². The summed E-state index contributed by atoms with van der Waals surface area (Å²) < 4.78 is 0. The molecular formula is C5H4N4O. The minimum Gasteiger partial charge on any atom is -0.388 e. The molecule has 0 atom stereocenters. The highest BCUT2D eigenvalue weighted by atomic mass is 16.6. The van der Waals surface area contributed by atoms with Gasteiger partial charge in [0, 0.05) is 0 Å². The van der Waals surface area contributed by atoms with Crippen molar-refractivity contribution in [3.8, 4) is 11.9 Å². The van der Waals surface area contributed by atoms with Gasteiger partial charge in [0.2, 0.25) is 0 Å². The van der Waals surface area contributed by atoms with Gasteiger partial charge in [-0.2, -0.15) is 16.3 Å². The van der Waals surface area contributed by atoms with E-state index >= 15 is 0 Å². The third kappa shape index (κ3) is 1.01. The maximum Gasteiger partial charge on any atom is 0.274 e. The van der Waals surface area contributed by atoms with E-state index in [2.05, 4.69) is 15.0 Å². The van der Waals surface area contributed by atoms with E-state index in [4.69, 9.17) is 11.2 Å². The summed E-state index contributed by atoms with van der Waals surface area (Å²) in [5, 5.41) is 15.3. The van der Waals surface area contributed by atoms with Crippen molar-refractivity contribution in [2.45, 2.75) is 0 Å². The molecule has 0 saturated carbocycles. The fraction of sp³-hybridized carbons (Fsp3) is 0. The number of hydrogen-bond acceptors (Lipinski definition) is 5. The van der Waals surface area contributed by atoms with Gasteiger partial charge in [-0.25, -0.2) is 0 Å². The first kappa shape index (κ1) is 6.45. The van der Waals surface area contributed by atoms with Gasteiger partial charge < -0.3 is 4.84 Å². The molecule has 0 aliphatic rings. The average molecular weight is 136 g/mol. The van der Waals surface area contributed by atoms with Crippen LogP contribution in [0.1, 0.15) is 5.56 Å². The number of rotatable bonds is 1. The molecule has 0 aliphatic carbocycles. The van der Waals surface area contributed by atoms with Gasteiger partial charge in [0.15, 0.2) is 0 Å². The molecular weight excluding hydrogens is 132 g/mol. The van der Waals surface area contributed by atoms with Crippen LogP contribution in [-0.2, 0) is 0 Å². The molecule has 0 bridgehead atoms. The van der Waals surface area contributed by atoms with Gasteiger partial charge in [0.05, 0.1) is 6.20 Å². The van der Waals surface area contributed by atoms with Crippen LogP contribution in [0.5, 0.6) is 5.88 Å². The van der Waals surface area contributed by atoms with Crippen LogP contribution in [0.25, 0.3) is 0 Å². The maximum absolute atomic E-state index is 8.40. The topological polar surface area (TPSA) is 84.8 Å². The lowest BCUT2D eigenvalue weighted by molar-refractivity contribution is 0.315. The Hall–Kier alpha value is -1.67. The fourth-order valence-electron chi connectivity index (χ4n) is 0.491. The first-order valence-corrected chi connectivity index (χ1v) is 2.47. The summed E-state index contributed by atoms with van der Waals surface area (Å²) >= 11 is 0. The van der Waals surface area contributed by atoms with Crippen LogP contribution < -0.4 is 10.7 Å². The Morgan fingerprint density at radius 2 is 2.50 bits per heavy atom. The molecule has 1 aromatic heterocycles. The quantitative estimate of drug-likeness (QED) is 0.531. The molecule has 0 aliphatic heterocycles. The van der Waals surface area contributed by atoms with Crippen LogP contribution in [0.15, 0.2) is 12.3 Å². The van der Waals surface area contributed by atoms with E-state index in [1.54, 1.807) is 0 Å². The second kappa shape index (κ2) is 2.75. The molecule has 0 fully saturated rings. The summed E-state index contributed by atoms with van der Waals surface area (Å²) in [4.78, 5) is 4.24. The molecule has 1 rings (SSSR count). The van der Waals surface area contributed by atoms with Gasteiger partial charge >= 0.3 is 0 Å². The molecule has 2 N–H and O–H groups in total. The Morgan fingerprint density at radius 1 is 1.70 bits per heavy atom. The van der Waals surface area contributed by atoms with Gasteiger partial charge in [-0.1, -0.05) is 0 Å². The smallest absolute Gasteiger partial charge is 0.274 e. The van der Waals surface area contributed by atoms with E-state index in [0.717, 1.165) is 0 Å². The summed E-state index contributed by atoms with van der Waals surface area (Å²) in [5.74, 6) is 4.82. The Labute approximate surface area is 57.0 Å². The average Bonchev–Trinajstić information content (AvgIpc) is 2.04. The maximum atomic E-state index is 8.40. The van der Waals surface area contributed by atoms with Gasteiger partial charge in [0.1, 0.15) is 11.6 Å². The Kier molecular flexibility index (Phi) is 1.78. The first-order chi connectivity index (χ1) is 4.88. The van der Waals surface area contributed by atoms with Crippen molar-refractivity contribution < 1.29 is 4.84 Å². The molecule has 1 aromatic rings. The molecule has 1 heterocycles. The minimum atomic E-state index is 0.0463. The van der Waals surface area contributed by atoms with Gasteiger partial charge in [-0.05, 0) is 6.07 Å². The van der Waals surface area contributed by atoms with Gasteiger partial charge in [-0.15, -0.1) is 5.10 Å². The van der Waals surface area contributed by atoms with Crippen LogP contribution in [0.4, 0.5) is 0 Å². The summed E-state index contributed by atoms with van der Waals surface area (Å²) in [6.45, 7) is 0. The van der Waals surface area contributed by atoms with E-state index in [-0.39, 0.29) is 11.4 Å². The molecule has 0 saturated heterocycles. The van der Waals surface area contributed by atoms with Gasteiger partial charge in [-0.3, -0.25) is 0 Å². The minimum absolute atomic E-state index is 0.0463. The monoisotopic (exact) mass is 136 g/mol. The normalized spacial score (nSPS) is 8.40. The summed E-state index contributed by atoms with van der Waals surface area (Å²) in [6, 6.07) is 3.31. The van der Waals surface area contributed by atoms with Crippen LogP contribution in [0.3, 0.4) is 0 Å². The lowest BCUT2D eigenvalue weighted by Gasteiger charge is -1.94.